The summed E-state index contributed by atoms with van der Waals surface area (Å²) in [6, 6.07) is 17.2. The highest BCUT2D eigenvalue weighted by molar-refractivity contribution is 8.18. The lowest BCUT2D eigenvalue weighted by Crippen LogP contribution is -2.36. The second-order valence-electron chi connectivity index (χ2n) is 7.69. The van der Waals surface area contributed by atoms with Crippen molar-refractivity contribution in [1.82, 2.24) is 4.90 Å². The number of carbonyl (C=O) groups excluding carboxylic acids is 3. The number of imide groups is 1. The third-order valence-corrected chi connectivity index (χ3v) is 6.92. The van der Waals surface area contributed by atoms with Crippen molar-refractivity contribution in [2.45, 2.75) is 30.8 Å². The van der Waals surface area contributed by atoms with E-state index in [0.717, 1.165) is 32.7 Å². The molecule has 0 atom stereocenters. The lowest BCUT2D eigenvalue weighted by atomic mass is 10.1. The smallest absolute Gasteiger partial charge is 0.294 e. The van der Waals surface area contributed by atoms with E-state index in [1.54, 1.807) is 12.1 Å². The van der Waals surface area contributed by atoms with E-state index in [1.807, 2.05) is 63.2 Å². The second-order valence-corrected chi connectivity index (χ2v) is 9.76. The number of anilines is 1. The van der Waals surface area contributed by atoms with Crippen LogP contribution in [-0.4, -0.2) is 28.5 Å². The van der Waals surface area contributed by atoms with E-state index < -0.39 is 17.1 Å². The predicted octanol–water partition coefficient (Wildman–Crippen LogP) is 6.03. The standard InChI is InChI=1S/C25H22N2O4S2/c1-15-4-9-20(10-5-15)32-23-11-8-19(31-23)13-21-24(29)27(25(30)33-21)14-22(28)26-18-7-6-16(2)17(3)12-18/h4-13H,14H2,1-3H3,(H,26,28)/b21-13-. The Morgan fingerprint density at radius 3 is 2.52 bits per heavy atom. The van der Waals surface area contributed by atoms with E-state index in [1.165, 1.54) is 23.4 Å². The molecule has 6 nitrogen and oxygen atoms in total. The highest BCUT2D eigenvalue weighted by Crippen LogP contribution is 2.34. The third-order valence-electron chi connectivity index (χ3n) is 5.08. The minimum absolute atomic E-state index is 0.222. The third kappa shape index (κ3) is 5.58. The molecule has 3 amide bonds. The molecule has 0 spiro atoms. The summed E-state index contributed by atoms with van der Waals surface area (Å²) in [6.45, 7) is 5.61. The summed E-state index contributed by atoms with van der Waals surface area (Å²) in [5.41, 5.74) is 3.96. The van der Waals surface area contributed by atoms with Crippen LogP contribution >= 0.6 is 23.5 Å². The molecular formula is C25H22N2O4S2. The van der Waals surface area contributed by atoms with Gasteiger partial charge >= 0.3 is 0 Å². The lowest BCUT2D eigenvalue weighted by molar-refractivity contribution is -0.127. The van der Waals surface area contributed by atoms with Gasteiger partial charge in [-0.15, -0.1) is 0 Å². The molecular weight excluding hydrogens is 456 g/mol. The molecule has 1 aromatic heterocycles. The Kier molecular flexibility index (Phi) is 6.76. The first-order valence-electron chi connectivity index (χ1n) is 10.3. The van der Waals surface area contributed by atoms with Gasteiger partial charge in [-0.1, -0.05) is 35.5 Å². The van der Waals surface area contributed by atoms with Gasteiger partial charge in [-0.25, -0.2) is 0 Å². The highest BCUT2D eigenvalue weighted by Gasteiger charge is 2.36. The fourth-order valence-corrected chi connectivity index (χ4v) is 4.71. The van der Waals surface area contributed by atoms with Crippen LogP contribution in [0, 0.1) is 20.8 Å². The Morgan fingerprint density at radius 1 is 1.03 bits per heavy atom. The number of furan rings is 1. The number of aryl methyl sites for hydroxylation is 3. The largest absolute Gasteiger partial charge is 0.450 e. The minimum atomic E-state index is -0.510. The summed E-state index contributed by atoms with van der Waals surface area (Å²) in [5, 5.41) is 2.93. The molecule has 8 heteroatoms. The molecule has 0 aliphatic carbocycles. The van der Waals surface area contributed by atoms with Gasteiger partial charge in [0.1, 0.15) is 12.3 Å². The molecule has 1 N–H and O–H groups in total. The SMILES string of the molecule is Cc1ccc(Sc2ccc(/C=C3\SC(=O)N(CC(=O)Nc4ccc(C)c(C)c4)C3=O)o2)cc1. The van der Waals surface area contributed by atoms with Crippen LogP contribution in [0.1, 0.15) is 22.5 Å². The first-order valence-corrected chi connectivity index (χ1v) is 11.9. The van der Waals surface area contributed by atoms with Gasteiger partial charge in [0.2, 0.25) is 5.91 Å². The number of hydrogen-bond donors (Lipinski definition) is 1. The van der Waals surface area contributed by atoms with E-state index in [9.17, 15) is 14.4 Å². The number of amides is 3. The summed E-state index contributed by atoms with van der Waals surface area (Å²) in [6.07, 6.45) is 1.53. The van der Waals surface area contributed by atoms with Crippen molar-refractivity contribution in [3.63, 3.8) is 0 Å². The molecule has 1 fully saturated rings. The van der Waals surface area contributed by atoms with Crippen LogP contribution in [-0.2, 0) is 9.59 Å². The summed E-state index contributed by atoms with van der Waals surface area (Å²) in [7, 11) is 0. The number of thioether (sulfide) groups is 1. The topological polar surface area (TPSA) is 79.6 Å². The van der Waals surface area contributed by atoms with Crippen LogP contribution in [0.15, 0.2) is 73.9 Å². The molecule has 1 aliphatic rings. The van der Waals surface area contributed by atoms with Crippen LogP contribution in [0.2, 0.25) is 0 Å². The lowest BCUT2D eigenvalue weighted by Gasteiger charge is -2.13. The zero-order chi connectivity index (χ0) is 23.5. The first kappa shape index (κ1) is 22.9. The Hall–Kier alpha value is -3.23. The average molecular weight is 479 g/mol. The van der Waals surface area contributed by atoms with Crippen LogP contribution in [0.4, 0.5) is 10.5 Å². The Labute approximate surface area is 200 Å². The number of benzene rings is 2. The van der Waals surface area contributed by atoms with Gasteiger partial charge in [0.15, 0.2) is 5.09 Å². The normalized spacial score (nSPS) is 14.9. The molecule has 2 heterocycles. The van der Waals surface area contributed by atoms with Crippen molar-refractivity contribution in [3.05, 3.63) is 82.0 Å². The maximum absolute atomic E-state index is 12.7. The van der Waals surface area contributed by atoms with Crippen molar-refractivity contribution in [2.75, 3.05) is 11.9 Å². The number of nitrogens with one attached hydrogen (secondary N) is 1. The van der Waals surface area contributed by atoms with Crippen molar-refractivity contribution in [1.29, 1.82) is 0 Å². The molecule has 0 bridgehead atoms. The summed E-state index contributed by atoms with van der Waals surface area (Å²) in [4.78, 5) is 39.7. The summed E-state index contributed by atoms with van der Waals surface area (Å²) in [5.74, 6) is -0.476. The molecule has 33 heavy (non-hydrogen) atoms. The van der Waals surface area contributed by atoms with Gasteiger partial charge in [0.05, 0.1) is 4.91 Å². The Morgan fingerprint density at radius 2 is 1.79 bits per heavy atom. The van der Waals surface area contributed by atoms with E-state index in [-0.39, 0.29) is 11.4 Å². The van der Waals surface area contributed by atoms with Gasteiger partial charge in [-0.3, -0.25) is 19.3 Å². The maximum atomic E-state index is 12.7. The quantitative estimate of drug-likeness (QED) is 0.436. The highest BCUT2D eigenvalue weighted by atomic mass is 32.2. The second kappa shape index (κ2) is 9.72. The van der Waals surface area contributed by atoms with Crippen molar-refractivity contribution in [2.24, 2.45) is 0 Å². The zero-order valence-corrected chi connectivity index (χ0v) is 20.0. The Balaban J connectivity index is 1.40. The molecule has 1 aliphatic heterocycles. The van der Waals surface area contributed by atoms with Gasteiger partial charge < -0.3 is 9.73 Å². The van der Waals surface area contributed by atoms with Crippen LogP contribution < -0.4 is 5.32 Å². The van der Waals surface area contributed by atoms with Gasteiger partial charge in [0, 0.05) is 16.7 Å². The minimum Gasteiger partial charge on any atom is -0.450 e. The molecule has 0 saturated carbocycles. The first-order chi connectivity index (χ1) is 15.8. The molecule has 4 rings (SSSR count). The van der Waals surface area contributed by atoms with Crippen LogP contribution in [0.25, 0.3) is 6.08 Å². The van der Waals surface area contributed by atoms with E-state index in [0.29, 0.717) is 16.5 Å². The van der Waals surface area contributed by atoms with E-state index in [2.05, 4.69) is 5.32 Å². The molecule has 1 saturated heterocycles. The summed E-state index contributed by atoms with van der Waals surface area (Å²) < 4.78 is 5.79. The van der Waals surface area contributed by atoms with Crippen LogP contribution in [0.5, 0.6) is 0 Å². The maximum Gasteiger partial charge on any atom is 0.294 e. The number of nitrogens with zero attached hydrogens (tertiary/aromatic N) is 1. The van der Waals surface area contributed by atoms with Crippen molar-refractivity contribution < 1.29 is 18.8 Å². The predicted molar refractivity (Wildman–Crippen MR) is 131 cm³/mol. The van der Waals surface area contributed by atoms with E-state index >= 15 is 0 Å². The summed E-state index contributed by atoms with van der Waals surface area (Å²) >= 11 is 2.27. The average Bonchev–Trinajstić information content (AvgIpc) is 3.32. The van der Waals surface area contributed by atoms with Gasteiger partial charge in [-0.2, -0.15) is 0 Å². The molecule has 0 radical (unpaired) electrons. The Bertz CT molecular complexity index is 1260. The zero-order valence-electron chi connectivity index (χ0n) is 18.4. The number of rotatable bonds is 6. The fraction of sp³-hybridized carbons (Fsp3) is 0.160. The van der Waals surface area contributed by atoms with Crippen molar-refractivity contribution >= 4 is 52.3 Å². The monoisotopic (exact) mass is 478 g/mol. The number of hydrogen-bond acceptors (Lipinski definition) is 6. The molecule has 0 unspecified atom stereocenters. The number of carbonyl (C=O) groups is 3. The molecule has 2 aromatic carbocycles. The van der Waals surface area contributed by atoms with Crippen molar-refractivity contribution in [3.8, 4) is 0 Å². The van der Waals surface area contributed by atoms with Gasteiger partial charge in [0.25, 0.3) is 11.1 Å². The fourth-order valence-electron chi connectivity index (χ4n) is 3.12. The van der Waals surface area contributed by atoms with Crippen LogP contribution in [0.3, 0.4) is 0 Å². The molecule has 168 valence electrons. The molecule has 3 aromatic rings. The van der Waals surface area contributed by atoms with Gasteiger partial charge in [-0.05, 0) is 80.1 Å². The van der Waals surface area contributed by atoms with E-state index in [4.69, 9.17) is 4.42 Å².